The maximum atomic E-state index is 12.4. The summed E-state index contributed by atoms with van der Waals surface area (Å²) in [5.41, 5.74) is 0. The number of nitrogens with zero attached hydrogens (tertiary/aromatic N) is 2. The topological polar surface area (TPSA) is 106 Å². The van der Waals surface area contributed by atoms with Crippen molar-refractivity contribution >= 4 is 23.8 Å². The quantitative estimate of drug-likeness (QED) is 0.684. The smallest absolute Gasteiger partial charge is 0.329 e. The molecule has 2 aliphatic heterocycles. The highest BCUT2D eigenvalue weighted by Crippen LogP contribution is 2.22. The van der Waals surface area contributed by atoms with E-state index in [0.717, 1.165) is 0 Å². The van der Waals surface area contributed by atoms with E-state index < -0.39 is 12.0 Å². The van der Waals surface area contributed by atoms with Gasteiger partial charge in [-0.15, -0.1) is 0 Å². The van der Waals surface area contributed by atoms with Crippen LogP contribution in [0.4, 0.5) is 0 Å². The van der Waals surface area contributed by atoms with Crippen LogP contribution >= 0.6 is 0 Å². The Hall–Kier alpha value is -2.84. The van der Waals surface area contributed by atoms with Crippen molar-refractivity contribution in [3.8, 4) is 0 Å². The van der Waals surface area contributed by atoms with E-state index in [-0.39, 0.29) is 36.1 Å². The number of methoxy groups -OCH3 is 1. The van der Waals surface area contributed by atoms with E-state index in [1.165, 1.54) is 18.3 Å². The van der Waals surface area contributed by atoms with Gasteiger partial charge in [-0.1, -0.05) is 0 Å². The van der Waals surface area contributed by atoms with Crippen LogP contribution in [0, 0.1) is 5.92 Å². The van der Waals surface area contributed by atoms with Crippen LogP contribution < -0.4 is 0 Å². The summed E-state index contributed by atoms with van der Waals surface area (Å²) in [6.07, 6.45) is 3.63. The number of rotatable bonds is 5. The lowest BCUT2D eigenvalue weighted by Crippen LogP contribution is -2.44. The molecular weight excluding hydrogens is 368 g/mol. The van der Waals surface area contributed by atoms with E-state index in [1.807, 2.05) is 0 Å². The molecule has 0 N–H and O–H groups in total. The van der Waals surface area contributed by atoms with Crippen LogP contribution in [0.1, 0.15) is 36.2 Å². The molecule has 1 unspecified atom stereocenters. The van der Waals surface area contributed by atoms with E-state index in [1.54, 1.807) is 17.0 Å². The first-order chi connectivity index (χ1) is 13.5. The maximum Gasteiger partial charge on any atom is 0.329 e. The maximum absolute atomic E-state index is 12.4. The number of likely N-dealkylation sites (tertiary alicyclic amines) is 2. The van der Waals surface area contributed by atoms with Crippen molar-refractivity contribution in [1.29, 1.82) is 0 Å². The summed E-state index contributed by atoms with van der Waals surface area (Å²) in [5, 5.41) is 0. The van der Waals surface area contributed by atoms with Gasteiger partial charge < -0.3 is 23.7 Å². The van der Waals surface area contributed by atoms with E-state index in [2.05, 4.69) is 0 Å². The van der Waals surface area contributed by atoms with Gasteiger partial charge in [0.05, 0.1) is 19.3 Å². The van der Waals surface area contributed by atoms with Gasteiger partial charge in [0.15, 0.2) is 12.4 Å². The molecule has 1 aromatic rings. The Bertz CT molecular complexity index is 723. The lowest BCUT2D eigenvalue weighted by atomic mass is 9.97. The third-order valence-electron chi connectivity index (χ3n) is 5.24. The Morgan fingerprint density at radius 2 is 1.86 bits per heavy atom. The third kappa shape index (κ3) is 4.35. The monoisotopic (exact) mass is 392 g/mol. The van der Waals surface area contributed by atoms with Gasteiger partial charge >= 0.3 is 11.9 Å². The zero-order valence-corrected chi connectivity index (χ0v) is 15.8. The molecule has 2 amide bonds. The molecule has 1 aromatic heterocycles. The van der Waals surface area contributed by atoms with Gasteiger partial charge in [0.1, 0.15) is 6.04 Å². The zero-order valence-electron chi connectivity index (χ0n) is 15.8. The molecular formula is C19H24N2O7. The molecule has 28 heavy (non-hydrogen) atoms. The predicted molar refractivity (Wildman–Crippen MR) is 95.0 cm³/mol. The van der Waals surface area contributed by atoms with E-state index in [4.69, 9.17) is 13.9 Å². The van der Waals surface area contributed by atoms with E-state index >= 15 is 0 Å². The minimum atomic E-state index is -0.713. The summed E-state index contributed by atoms with van der Waals surface area (Å²) >= 11 is 0. The molecule has 0 bridgehead atoms. The second-order valence-corrected chi connectivity index (χ2v) is 6.92. The molecule has 3 heterocycles. The van der Waals surface area contributed by atoms with Crippen molar-refractivity contribution in [1.82, 2.24) is 9.80 Å². The molecule has 9 heteroatoms. The minimum Gasteiger partial charge on any atom is -0.469 e. The first-order valence-corrected chi connectivity index (χ1v) is 9.38. The fourth-order valence-corrected chi connectivity index (χ4v) is 3.65. The largest absolute Gasteiger partial charge is 0.469 e. The number of hydrogen-bond acceptors (Lipinski definition) is 7. The van der Waals surface area contributed by atoms with Crippen molar-refractivity contribution in [3.05, 3.63) is 24.2 Å². The summed E-state index contributed by atoms with van der Waals surface area (Å²) in [6.45, 7) is 0.903. The van der Waals surface area contributed by atoms with Crippen LogP contribution in [-0.4, -0.2) is 72.9 Å². The molecule has 152 valence electrons. The van der Waals surface area contributed by atoms with E-state index in [9.17, 15) is 19.2 Å². The van der Waals surface area contributed by atoms with Crippen molar-refractivity contribution in [2.75, 3.05) is 33.4 Å². The van der Waals surface area contributed by atoms with Gasteiger partial charge in [-0.2, -0.15) is 0 Å². The van der Waals surface area contributed by atoms with Crippen molar-refractivity contribution < 1.29 is 33.1 Å². The molecule has 3 rings (SSSR count). The highest BCUT2D eigenvalue weighted by molar-refractivity contribution is 5.95. The Morgan fingerprint density at radius 3 is 2.50 bits per heavy atom. The number of furan rings is 1. The van der Waals surface area contributed by atoms with Crippen LogP contribution in [0.15, 0.2) is 22.8 Å². The van der Waals surface area contributed by atoms with Gasteiger partial charge in [0.2, 0.25) is 0 Å². The fraction of sp³-hybridized carbons (Fsp3) is 0.579. The number of piperidine rings is 1. The fourth-order valence-electron chi connectivity index (χ4n) is 3.65. The third-order valence-corrected chi connectivity index (χ3v) is 5.24. The molecule has 2 aliphatic rings. The molecule has 0 saturated carbocycles. The normalized spacial score (nSPS) is 20.1. The Morgan fingerprint density at radius 1 is 1.11 bits per heavy atom. The Kier molecular flexibility index (Phi) is 6.33. The minimum absolute atomic E-state index is 0.171. The van der Waals surface area contributed by atoms with Crippen LogP contribution in [0.5, 0.6) is 0 Å². The van der Waals surface area contributed by atoms with Crippen molar-refractivity contribution in [3.63, 3.8) is 0 Å². The number of carbonyl (C=O) groups excluding carboxylic acids is 4. The second-order valence-electron chi connectivity index (χ2n) is 6.92. The standard InChI is InChI=1S/C19H24N2O7/c1-26-18(24)13-6-9-20(10-7-13)16(22)12-28-19(25)14-4-2-8-21(14)17(23)15-5-3-11-27-15/h3,5,11,13-14H,2,4,6-10,12H2,1H3. The average molecular weight is 392 g/mol. The second kappa shape index (κ2) is 8.90. The molecule has 9 nitrogen and oxygen atoms in total. The highest BCUT2D eigenvalue weighted by Gasteiger charge is 2.37. The molecule has 2 fully saturated rings. The molecule has 2 saturated heterocycles. The van der Waals surface area contributed by atoms with Crippen LogP contribution in [-0.2, 0) is 23.9 Å². The van der Waals surface area contributed by atoms with E-state index in [0.29, 0.717) is 45.3 Å². The highest BCUT2D eigenvalue weighted by atomic mass is 16.5. The van der Waals surface area contributed by atoms with Crippen LogP contribution in [0.25, 0.3) is 0 Å². The van der Waals surface area contributed by atoms with Crippen LogP contribution in [0.2, 0.25) is 0 Å². The average Bonchev–Trinajstić information content (AvgIpc) is 3.43. The van der Waals surface area contributed by atoms with Gasteiger partial charge in [0, 0.05) is 19.6 Å². The lowest BCUT2D eigenvalue weighted by Gasteiger charge is -2.30. The van der Waals surface area contributed by atoms with Gasteiger partial charge in [-0.05, 0) is 37.8 Å². The molecule has 0 radical (unpaired) electrons. The summed E-state index contributed by atoms with van der Waals surface area (Å²) in [4.78, 5) is 51.7. The summed E-state index contributed by atoms with van der Waals surface area (Å²) in [7, 11) is 1.35. The lowest BCUT2D eigenvalue weighted by molar-refractivity contribution is -0.156. The zero-order chi connectivity index (χ0) is 20.1. The van der Waals surface area contributed by atoms with Crippen molar-refractivity contribution in [2.24, 2.45) is 5.92 Å². The van der Waals surface area contributed by atoms with Gasteiger partial charge in [-0.3, -0.25) is 14.4 Å². The summed E-state index contributed by atoms with van der Waals surface area (Å²) in [5.74, 6) is -1.55. The summed E-state index contributed by atoms with van der Waals surface area (Å²) in [6, 6.07) is 2.44. The van der Waals surface area contributed by atoms with Gasteiger partial charge in [-0.25, -0.2) is 4.79 Å². The Balaban J connectivity index is 1.48. The molecule has 0 aliphatic carbocycles. The number of carbonyl (C=O) groups is 4. The van der Waals surface area contributed by atoms with Gasteiger partial charge in [0.25, 0.3) is 11.8 Å². The summed E-state index contributed by atoms with van der Waals surface area (Å²) < 4.78 is 15.0. The number of amides is 2. The molecule has 1 atom stereocenters. The molecule has 0 spiro atoms. The molecule has 0 aromatic carbocycles. The first kappa shape index (κ1) is 19.9. The number of ether oxygens (including phenoxy) is 2. The first-order valence-electron chi connectivity index (χ1n) is 9.38. The number of hydrogen-bond donors (Lipinski definition) is 0. The predicted octanol–water partition coefficient (Wildman–Crippen LogP) is 0.839. The number of esters is 2. The Labute approximate surface area is 162 Å². The van der Waals surface area contributed by atoms with Crippen LogP contribution in [0.3, 0.4) is 0 Å². The van der Waals surface area contributed by atoms with Crippen molar-refractivity contribution in [2.45, 2.75) is 31.7 Å². The SMILES string of the molecule is COC(=O)C1CCN(C(=O)COC(=O)C2CCCN2C(=O)c2ccco2)CC1.